The van der Waals surface area contributed by atoms with Gasteiger partial charge in [-0.2, -0.15) is 0 Å². The molecule has 2 heteroatoms. The third kappa shape index (κ3) is 2.70. The summed E-state index contributed by atoms with van der Waals surface area (Å²) in [6, 6.07) is 8.42. The van der Waals surface area contributed by atoms with Gasteiger partial charge in [-0.3, -0.25) is 0 Å². The van der Waals surface area contributed by atoms with E-state index in [0.29, 0.717) is 5.92 Å². The molecular formula is C17H24O2. The van der Waals surface area contributed by atoms with Crippen LogP contribution in [0.3, 0.4) is 0 Å². The lowest BCUT2D eigenvalue weighted by Crippen LogP contribution is -2.34. The number of benzene rings is 1. The SMILES string of the molecule is CC1CCC(C(O)C2OCCc3ccccc32)CC1. The highest BCUT2D eigenvalue weighted by Crippen LogP contribution is 2.38. The van der Waals surface area contributed by atoms with E-state index in [1.807, 2.05) is 0 Å². The van der Waals surface area contributed by atoms with Crippen LogP contribution in [0.1, 0.15) is 49.8 Å². The maximum Gasteiger partial charge on any atom is 0.109 e. The Morgan fingerprint density at radius 2 is 1.89 bits per heavy atom. The van der Waals surface area contributed by atoms with Crippen LogP contribution in [0.5, 0.6) is 0 Å². The van der Waals surface area contributed by atoms with Gasteiger partial charge in [-0.25, -0.2) is 0 Å². The Kier molecular flexibility index (Phi) is 3.90. The molecule has 0 saturated heterocycles. The molecule has 2 unspecified atom stereocenters. The summed E-state index contributed by atoms with van der Waals surface area (Å²) >= 11 is 0. The lowest BCUT2D eigenvalue weighted by molar-refractivity contribution is -0.0785. The number of fused-ring (bicyclic) bond motifs is 1. The van der Waals surface area contributed by atoms with Crippen molar-refractivity contribution in [1.29, 1.82) is 0 Å². The van der Waals surface area contributed by atoms with Crippen molar-refractivity contribution in [2.75, 3.05) is 6.61 Å². The van der Waals surface area contributed by atoms with Crippen LogP contribution in [0, 0.1) is 11.8 Å². The van der Waals surface area contributed by atoms with Gasteiger partial charge in [0.1, 0.15) is 6.10 Å². The number of hydrogen-bond acceptors (Lipinski definition) is 2. The molecule has 3 rings (SSSR count). The molecule has 0 amide bonds. The molecule has 1 heterocycles. The smallest absolute Gasteiger partial charge is 0.109 e. The highest BCUT2D eigenvalue weighted by atomic mass is 16.5. The summed E-state index contributed by atoms with van der Waals surface area (Å²) in [7, 11) is 0. The molecule has 1 fully saturated rings. The third-order valence-corrected chi connectivity index (χ3v) is 4.88. The van der Waals surface area contributed by atoms with Gasteiger partial charge in [-0.1, -0.05) is 44.0 Å². The Bertz CT molecular complexity index is 421. The predicted octanol–water partition coefficient (Wildman–Crippen LogP) is 3.49. The van der Waals surface area contributed by atoms with E-state index in [9.17, 15) is 5.11 Å². The van der Waals surface area contributed by atoms with Crippen LogP contribution in [0.25, 0.3) is 0 Å². The van der Waals surface area contributed by atoms with Crippen LogP contribution >= 0.6 is 0 Å². The maximum absolute atomic E-state index is 10.7. The molecule has 0 spiro atoms. The lowest BCUT2D eigenvalue weighted by atomic mass is 9.77. The predicted molar refractivity (Wildman–Crippen MR) is 76.0 cm³/mol. The van der Waals surface area contributed by atoms with E-state index >= 15 is 0 Å². The summed E-state index contributed by atoms with van der Waals surface area (Å²) < 4.78 is 5.90. The van der Waals surface area contributed by atoms with Crippen LogP contribution in [-0.4, -0.2) is 17.8 Å². The van der Waals surface area contributed by atoms with Crippen molar-refractivity contribution in [2.24, 2.45) is 11.8 Å². The number of aliphatic hydroxyl groups excluding tert-OH is 1. The lowest BCUT2D eigenvalue weighted by Gasteiger charge is -2.36. The number of hydrogen-bond donors (Lipinski definition) is 1. The Morgan fingerprint density at radius 1 is 1.16 bits per heavy atom. The monoisotopic (exact) mass is 260 g/mol. The van der Waals surface area contributed by atoms with E-state index < -0.39 is 0 Å². The Labute approximate surface area is 115 Å². The van der Waals surface area contributed by atoms with Crippen molar-refractivity contribution in [2.45, 2.75) is 51.2 Å². The highest BCUT2D eigenvalue weighted by Gasteiger charge is 2.34. The van der Waals surface area contributed by atoms with Gasteiger partial charge in [0.25, 0.3) is 0 Å². The van der Waals surface area contributed by atoms with E-state index in [-0.39, 0.29) is 12.2 Å². The minimum absolute atomic E-state index is 0.108. The summed E-state index contributed by atoms with van der Waals surface area (Å²) in [5, 5.41) is 10.7. The summed E-state index contributed by atoms with van der Waals surface area (Å²) in [5.41, 5.74) is 2.56. The first kappa shape index (κ1) is 13.1. The molecule has 2 nitrogen and oxygen atoms in total. The molecule has 1 aromatic rings. The van der Waals surface area contributed by atoms with Crippen LogP contribution in [0.15, 0.2) is 24.3 Å². The van der Waals surface area contributed by atoms with E-state index in [1.54, 1.807) is 0 Å². The van der Waals surface area contributed by atoms with Gasteiger partial charge in [0, 0.05) is 0 Å². The molecule has 19 heavy (non-hydrogen) atoms. The van der Waals surface area contributed by atoms with E-state index in [0.717, 1.165) is 31.8 Å². The van der Waals surface area contributed by atoms with Crippen molar-refractivity contribution in [3.63, 3.8) is 0 Å². The first-order chi connectivity index (χ1) is 9.25. The molecule has 2 aliphatic rings. The molecule has 0 radical (unpaired) electrons. The second-order valence-electron chi connectivity index (χ2n) is 6.25. The summed E-state index contributed by atoms with van der Waals surface area (Å²) in [4.78, 5) is 0. The van der Waals surface area contributed by atoms with Crippen molar-refractivity contribution in [1.82, 2.24) is 0 Å². The molecule has 1 aromatic carbocycles. The van der Waals surface area contributed by atoms with Crippen molar-refractivity contribution in [3.8, 4) is 0 Å². The topological polar surface area (TPSA) is 29.5 Å². The number of rotatable bonds is 2. The van der Waals surface area contributed by atoms with Crippen molar-refractivity contribution in [3.05, 3.63) is 35.4 Å². The average Bonchev–Trinajstić information content (AvgIpc) is 2.47. The van der Waals surface area contributed by atoms with Gasteiger partial charge >= 0.3 is 0 Å². The molecule has 0 bridgehead atoms. The van der Waals surface area contributed by atoms with Crippen LogP contribution in [0.2, 0.25) is 0 Å². The Balaban J connectivity index is 1.75. The first-order valence-electron chi connectivity index (χ1n) is 7.63. The molecule has 1 N–H and O–H groups in total. The van der Waals surface area contributed by atoms with E-state index in [1.165, 1.54) is 24.0 Å². The summed E-state index contributed by atoms with van der Waals surface area (Å²) in [5.74, 6) is 1.23. The molecule has 0 aromatic heterocycles. The number of aliphatic hydroxyl groups is 1. The fourth-order valence-electron chi connectivity index (χ4n) is 3.58. The van der Waals surface area contributed by atoms with Gasteiger partial charge in [0.05, 0.1) is 12.7 Å². The summed E-state index contributed by atoms with van der Waals surface area (Å²) in [6.45, 7) is 3.05. The van der Waals surface area contributed by atoms with Gasteiger partial charge in [-0.15, -0.1) is 0 Å². The Morgan fingerprint density at radius 3 is 2.68 bits per heavy atom. The van der Waals surface area contributed by atoms with Gasteiger partial charge < -0.3 is 9.84 Å². The normalized spacial score (nSPS) is 32.6. The zero-order chi connectivity index (χ0) is 13.2. The third-order valence-electron chi connectivity index (χ3n) is 4.88. The molecular weight excluding hydrogens is 236 g/mol. The van der Waals surface area contributed by atoms with E-state index in [4.69, 9.17) is 4.74 Å². The van der Waals surface area contributed by atoms with Crippen LogP contribution < -0.4 is 0 Å². The summed E-state index contributed by atoms with van der Waals surface area (Å²) in [6.07, 6.45) is 5.31. The maximum atomic E-state index is 10.7. The highest BCUT2D eigenvalue weighted by molar-refractivity contribution is 5.31. The minimum Gasteiger partial charge on any atom is -0.390 e. The largest absolute Gasteiger partial charge is 0.390 e. The molecule has 104 valence electrons. The first-order valence-corrected chi connectivity index (χ1v) is 7.63. The number of ether oxygens (including phenoxy) is 1. The van der Waals surface area contributed by atoms with Crippen molar-refractivity contribution >= 4 is 0 Å². The Hall–Kier alpha value is -0.860. The standard InChI is InChI=1S/C17H24O2/c1-12-6-8-14(9-7-12)16(18)17-15-5-3-2-4-13(15)10-11-19-17/h2-5,12,14,16-18H,6-11H2,1H3. The second-order valence-corrected chi connectivity index (χ2v) is 6.25. The molecule has 2 atom stereocenters. The van der Waals surface area contributed by atoms with Crippen LogP contribution in [0.4, 0.5) is 0 Å². The molecule has 1 aliphatic heterocycles. The van der Waals surface area contributed by atoms with Gasteiger partial charge in [0.2, 0.25) is 0 Å². The quantitative estimate of drug-likeness (QED) is 0.882. The fourth-order valence-corrected chi connectivity index (χ4v) is 3.58. The van der Waals surface area contributed by atoms with Gasteiger partial charge in [-0.05, 0) is 42.2 Å². The van der Waals surface area contributed by atoms with Crippen LogP contribution in [-0.2, 0) is 11.2 Å². The van der Waals surface area contributed by atoms with Gasteiger partial charge in [0.15, 0.2) is 0 Å². The molecule has 1 saturated carbocycles. The second kappa shape index (κ2) is 5.64. The molecule has 1 aliphatic carbocycles. The fraction of sp³-hybridized carbons (Fsp3) is 0.647. The minimum atomic E-state index is -0.339. The average molecular weight is 260 g/mol. The van der Waals surface area contributed by atoms with Crippen molar-refractivity contribution < 1.29 is 9.84 Å². The zero-order valence-electron chi connectivity index (χ0n) is 11.7. The zero-order valence-corrected chi connectivity index (χ0v) is 11.7. The van der Waals surface area contributed by atoms with E-state index in [2.05, 4.69) is 31.2 Å².